The van der Waals surface area contributed by atoms with Gasteiger partial charge in [0.15, 0.2) is 5.43 Å². The molecule has 4 rings (SSSR count). The Kier molecular flexibility index (Phi) is 4.89. The molecule has 0 amide bonds. The van der Waals surface area contributed by atoms with E-state index in [1.54, 1.807) is 6.26 Å². The molecule has 3 heterocycles. The van der Waals surface area contributed by atoms with Gasteiger partial charge in [-0.05, 0) is 37.5 Å². The maximum absolute atomic E-state index is 13.0. The Morgan fingerprint density at radius 2 is 2.07 bits per heavy atom. The van der Waals surface area contributed by atoms with Gasteiger partial charge in [0, 0.05) is 38.0 Å². The molecule has 0 radical (unpaired) electrons. The fourth-order valence-corrected chi connectivity index (χ4v) is 4.03. The highest BCUT2D eigenvalue weighted by atomic mass is 16.3. The Labute approximate surface area is 163 Å². The summed E-state index contributed by atoms with van der Waals surface area (Å²) < 4.78 is 5.76. The van der Waals surface area contributed by atoms with Crippen LogP contribution in [0.2, 0.25) is 0 Å². The van der Waals surface area contributed by atoms with E-state index < -0.39 is 0 Å². The van der Waals surface area contributed by atoms with E-state index in [1.807, 2.05) is 26.0 Å². The molecule has 0 aliphatic carbocycles. The van der Waals surface area contributed by atoms with E-state index in [0.29, 0.717) is 41.6 Å². The van der Waals surface area contributed by atoms with Gasteiger partial charge in [-0.15, -0.1) is 0 Å². The first-order chi connectivity index (χ1) is 13.5. The second-order valence-electron chi connectivity index (χ2n) is 7.69. The lowest BCUT2D eigenvalue weighted by Crippen LogP contribution is -2.36. The van der Waals surface area contributed by atoms with Crippen molar-refractivity contribution in [3.63, 3.8) is 0 Å². The summed E-state index contributed by atoms with van der Waals surface area (Å²) >= 11 is 0. The zero-order valence-corrected chi connectivity index (χ0v) is 16.6. The number of fused-ring (bicyclic) bond motifs is 2. The number of aromatic nitrogens is 2. The molecule has 0 bridgehead atoms. The van der Waals surface area contributed by atoms with E-state index >= 15 is 0 Å². The Bertz CT molecular complexity index is 1160. The molecule has 6 heteroatoms. The second-order valence-corrected chi connectivity index (χ2v) is 7.69. The van der Waals surface area contributed by atoms with E-state index in [2.05, 4.69) is 21.8 Å². The van der Waals surface area contributed by atoms with Crippen LogP contribution in [0.15, 0.2) is 32.4 Å². The van der Waals surface area contributed by atoms with Gasteiger partial charge < -0.3 is 9.40 Å². The number of aryl methyl sites for hydroxylation is 3. The fraction of sp³-hybridized carbons (Fsp3) is 0.409. The average molecular weight is 379 g/mol. The first kappa shape index (κ1) is 18.6. The van der Waals surface area contributed by atoms with Gasteiger partial charge in [-0.25, -0.2) is 4.98 Å². The highest BCUT2D eigenvalue weighted by molar-refractivity contribution is 5.81. The molecule has 146 valence electrons. The molecule has 1 aliphatic rings. The average Bonchev–Trinajstić information content (AvgIpc) is 2.64. The topological polar surface area (TPSA) is 79.2 Å². The van der Waals surface area contributed by atoms with Gasteiger partial charge in [0.25, 0.3) is 5.56 Å². The molecular weight excluding hydrogens is 354 g/mol. The van der Waals surface area contributed by atoms with Crippen molar-refractivity contribution < 1.29 is 4.42 Å². The quantitative estimate of drug-likeness (QED) is 0.754. The third-order valence-corrected chi connectivity index (χ3v) is 5.37. The van der Waals surface area contributed by atoms with Crippen molar-refractivity contribution in [1.29, 1.82) is 0 Å². The number of H-pyrrole nitrogens is 1. The maximum Gasteiger partial charge on any atom is 0.255 e. The van der Waals surface area contributed by atoms with Gasteiger partial charge in [-0.2, -0.15) is 0 Å². The van der Waals surface area contributed by atoms with Crippen LogP contribution < -0.4 is 11.0 Å². The number of aromatic amines is 1. The van der Waals surface area contributed by atoms with Crippen molar-refractivity contribution in [2.45, 2.75) is 53.1 Å². The van der Waals surface area contributed by atoms with Gasteiger partial charge >= 0.3 is 0 Å². The lowest BCUT2D eigenvalue weighted by Gasteiger charge is -2.27. The highest BCUT2D eigenvalue weighted by Gasteiger charge is 2.22. The number of nitrogens with one attached hydrogen (secondary N) is 1. The van der Waals surface area contributed by atoms with Gasteiger partial charge in [0.1, 0.15) is 11.4 Å². The first-order valence-electron chi connectivity index (χ1n) is 9.81. The van der Waals surface area contributed by atoms with Crippen LogP contribution >= 0.6 is 0 Å². The number of hydrogen-bond donors (Lipinski definition) is 1. The van der Waals surface area contributed by atoms with Gasteiger partial charge in [0.2, 0.25) is 0 Å². The summed E-state index contributed by atoms with van der Waals surface area (Å²) in [5, 5.41) is 0.643. The molecule has 28 heavy (non-hydrogen) atoms. The van der Waals surface area contributed by atoms with Crippen LogP contribution in [0.25, 0.3) is 11.0 Å². The molecule has 2 aromatic heterocycles. The van der Waals surface area contributed by atoms with Crippen LogP contribution in [0.3, 0.4) is 0 Å². The van der Waals surface area contributed by atoms with Crippen LogP contribution in [0, 0.1) is 13.8 Å². The van der Waals surface area contributed by atoms with Crippen LogP contribution in [0.4, 0.5) is 0 Å². The Hall–Kier alpha value is -2.73. The predicted molar refractivity (Wildman–Crippen MR) is 109 cm³/mol. The lowest BCUT2D eigenvalue weighted by molar-refractivity contribution is 0.239. The third-order valence-electron chi connectivity index (χ3n) is 5.37. The minimum Gasteiger partial charge on any atom is -0.464 e. The molecule has 6 nitrogen and oxygen atoms in total. The van der Waals surface area contributed by atoms with Gasteiger partial charge in [-0.3, -0.25) is 14.5 Å². The summed E-state index contributed by atoms with van der Waals surface area (Å²) in [5.41, 5.74) is 4.80. The predicted octanol–water partition coefficient (Wildman–Crippen LogP) is 3.00. The molecule has 0 saturated carbocycles. The van der Waals surface area contributed by atoms with Crippen molar-refractivity contribution in [3.8, 4) is 0 Å². The number of nitrogens with zero attached hydrogens (tertiary/aromatic N) is 2. The fourth-order valence-electron chi connectivity index (χ4n) is 4.03. The second kappa shape index (κ2) is 7.36. The maximum atomic E-state index is 13.0. The SMILES string of the molecule is CCCc1nc2c(c(=O)[nH]1)CN(Cc1coc3cc(C)cc(C)c3c1=O)CC2. The van der Waals surface area contributed by atoms with Gasteiger partial charge in [0.05, 0.1) is 22.9 Å². The van der Waals surface area contributed by atoms with E-state index in [0.717, 1.165) is 42.0 Å². The number of hydrogen-bond acceptors (Lipinski definition) is 5. The summed E-state index contributed by atoms with van der Waals surface area (Å²) in [6.07, 6.45) is 4.01. The molecular formula is C22H25N3O3. The zero-order valence-electron chi connectivity index (χ0n) is 16.6. The summed E-state index contributed by atoms with van der Waals surface area (Å²) in [5.74, 6) is 0.764. The molecule has 0 unspecified atom stereocenters. The largest absolute Gasteiger partial charge is 0.464 e. The highest BCUT2D eigenvalue weighted by Crippen LogP contribution is 2.20. The normalized spacial score (nSPS) is 14.4. The molecule has 0 fully saturated rings. The van der Waals surface area contributed by atoms with Crippen molar-refractivity contribution in [2.75, 3.05) is 6.54 Å². The Morgan fingerprint density at radius 1 is 1.25 bits per heavy atom. The zero-order chi connectivity index (χ0) is 19.8. The standard InChI is InChI=1S/C22H25N3O3/c1-4-5-19-23-17-6-7-25(11-16(17)22(27)24-19)10-15-12-28-18-9-13(2)8-14(3)20(18)21(15)26/h8-9,12H,4-7,10-11H2,1-3H3,(H,23,24,27). The van der Waals surface area contributed by atoms with Crippen LogP contribution in [-0.2, 0) is 25.9 Å². The smallest absolute Gasteiger partial charge is 0.255 e. The van der Waals surface area contributed by atoms with E-state index in [1.165, 1.54) is 0 Å². The third kappa shape index (κ3) is 3.40. The molecule has 3 aromatic rings. The van der Waals surface area contributed by atoms with Gasteiger partial charge in [-0.1, -0.05) is 13.0 Å². The lowest BCUT2D eigenvalue weighted by atomic mass is 10.0. The van der Waals surface area contributed by atoms with Crippen LogP contribution in [0.1, 0.15) is 47.1 Å². The van der Waals surface area contributed by atoms with Crippen molar-refractivity contribution in [2.24, 2.45) is 0 Å². The van der Waals surface area contributed by atoms with E-state index in [9.17, 15) is 9.59 Å². The molecule has 1 aliphatic heterocycles. The van der Waals surface area contributed by atoms with E-state index in [-0.39, 0.29) is 11.0 Å². The summed E-state index contributed by atoms with van der Waals surface area (Å²) in [4.78, 5) is 35.1. The summed E-state index contributed by atoms with van der Waals surface area (Å²) in [6, 6.07) is 3.89. The van der Waals surface area contributed by atoms with Crippen molar-refractivity contribution in [3.05, 3.63) is 72.7 Å². The Morgan fingerprint density at radius 3 is 2.86 bits per heavy atom. The minimum atomic E-state index is -0.0602. The molecule has 0 atom stereocenters. The van der Waals surface area contributed by atoms with E-state index in [4.69, 9.17) is 4.42 Å². The van der Waals surface area contributed by atoms with Crippen LogP contribution in [-0.4, -0.2) is 21.4 Å². The van der Waals surface area contributed by atoms with Crippen molar-refractivity contribution >= 4 is 11.0 Å². The molecule has 0 spiro atoms. The summed E-state index contributed by atoms with van der Waals surface area (Å²) in [6.45, 7) is 7.71. The molecule has 1 aromatic carbocycles. The first-order valence-corrected chi connectivity index (χ1v) is 9.81. The number of rotatable bonds is 4. The summed E-state index contributed by atoms with van der Waals surface area (Å²) in [7, 11) is 0. The van der Waals surface area contributed by atoms with Crippen molar-refractivity contribution in [1.82, 2.24) is 14.9 Å². The minimum absolute atomic E-state index is 0.00914. The molecule has 1 N–H and O–H groups in total. The Balaban J connectivity index is 1.62. The number of benzene rings is 1. The molecule has 0 saturated heterocycles. The van der Waals surface area contributed by atoms with Crippen LogP contribution in [0.5, 0.6) is 0 Å². The monoisotopic (exact) mass is 379 g/mol.